The fraction of sp³-hybridized carbons (Fsp3) is 0.214. The first-order valence-corrected chi connectivity index (χ1v) is 12.4. The molecule has 3 aromatic heterocycles. The Kier molecular flexibility index (Phi) is 7.11. The van der Waals surface area contributed by atoms with Crippen molar-refractivity contribution in [1.29, 1.82) is 0 Å². The summed E-state index contributed by atoms with van der Waals surface area (Å²) in [6.45, 7) is 1.16. The van der Waals surface area contributed by atoms with Crippen LogP contribution >= 0.6 is 0 Å². The van der Waals surface area contributed by atoms with Crippen LogP contribution in [0, 0.1) is 5.82 Å². The molecule has 5 rings (SSSR count). The minimum Gasteiger partial charge on any atom is -0.496 e. The number of ether oxygens (including phenoxy) is 1. The molecule has 41 heavy (non-hydrogen) atoms. The maximum Gasteiger partial charge on any atom is 0.397 e. The monoisotopic (exact) mass is 567 g/mol. The highest BCUT2D eigenvalue weighted by molar-refractivity contribution is 6.07. The first-order chi connectivity index (χ1) is 19.5. The second-order valence-corrected chi connectivity index (χ2v) is 9.47. The van der Waals surface area contributed by atoms with Gasteiger partial charge in [0.15, 0.2) is 5.82 Å². The average Bonchev–Trinajstić information content (AvgIpc) is 3.55. The van der Waals surface area contributed by atoms with Crippen LogP contribution in [0.15, 0.2) is 54.9 Å². The largest absolute Gasteiger partial charge is 0.496 e. The highest BCUT2D eigenvalue weighted by atomic mass is 19.4. The van der Waals surface area contributed by atoms with E-state index in [2.05, 4.69) is 25.6 Å². The summed E-state index contributed by atoms with van der Waals surface area (Å²) in [4.78, 5) is 17.1. The Balaban J connectivity index is 1.52. The number of nitrogens with zero attached hydrogens (tertiary/aromatic N) is 4. The van der Waals surface area contributed by atoms with Crippen LogP contribution in [0.3, 0.4) is 0 Å². The number of aromatic nitrogens is 5. The van der Waals surface area contributed by atoms with E-state index >= 15 is 0 Å². The third-order valence-corrected chi connectivity index (χ3v) is 6.75. The lowest BCUT2D eigenvalue weighted by molar-refractivity contribution is -0.146. The van der Waals surface area contributed by atoms with Crippen molar-refractivity contribution in [2.24, 2.45) is 7.05 Å². The average molecular weight is 568 g/mol. The van der Waals surface area contributed by atoms with Gasteiger partial charge in [-0.3, -0.25) is 19.6 Å². The summed E-state index contributed by atoms with van der Waals surface area (Å²) >= 11 is 0. The van der Waals surface area contributed by atoms with Crippen LogP contribution in [0.2, 0.25) is 0 Å². The Labute approximate surface area is 231 Å². The summed E-state index contributed by atoms with van der Waals surface area (Å²) in [6, 6.07) is 10.4. The van der Waals surface area contributed by atoms with Gasteiger partial charge in [0.25, 0.3) is 5.91 Å². The van der Waals surface area contributed by atoms with E-state index in [9.17, 15) is 22.4 Å². The van der Waals surface area contributed by atoms with Gasteiger partial charge in [0.05, 0.1) is 47.1 Å². The van der Waals surface area contributed by atoms with E-state index in [1.54, 1.807) is 37.5 Å². The summed E-state index contributed by atoms with van der Waals surface area (Å²) in [6.07, 6.45) is -1.50. The molecule has 0 fully saturated rings. The van der Waals surface area contributed by atoms with Crippen LogP contribution in [0.1, 0.15) is 34.5 Å². The predicted molar refractivity (Wildman–Crippen MR) is 145 cm³/mol. The maximum atomic E-state index is 14.0. The SMILES string of the molecule is COc1ccc(F)cc1C(=O)NCc1ccc(-c2nc(C(C)C(F)(F)F)c(-c3cnn(C)c3)c3[nH]nc(N)c23)cc1. The molecule has 0 aliphatic rings. The summed E-state index contributed by atoms with van der Waals surface area (Å²) in [7, 11) is 3.04. The van der Waals surface area contributed by atoms with E-state index < -0.39 is 23.8 Å². The van der Waals surface area contributed by atoms with Gasteiger partial charge in [0.2, 0.25) is 0 Å². The molecule has 3 heterocycles. The lowest BCUT2D eigenvalue weighted by Crippen LogP contribution is -2.23. The molecule has 0 spiro atoms. The number of nitrogen functional groups attached to an aromatic ring is 1. The van der Waals surface area contributed by atoms with Crippen LogP contribution in [0.5, 0.6) is 5.75 Å². The van der Waals surface area contributed by atoms with E-state index in [0.29, 0.717) is 27.6 Å². The number of nitrogens with two attached hydrogens (primary N) is 1. The zero-order valence-electron chi connectivity index (χ0n) is 22.2. The number of nitrogens with one attached hydrogen (secondary N) is 2. The molecule has 0 aliphatic carbocycles. The van der Waals surface area contributed by atoms with Crippen molar-refractivity contribution >= 4 is 22.6 Å². The number of aryl methyl sites for hydroxylation is 1. The summed E-state index contributed by atoms with van der Waals surface area (Å²) in [5, 5.41) is 14.1. The highest BCUT2D eigenvalue weighted by Gasteiger charge is 2.41. The lowest BCUT2D eigenvalue weighted by atomic mass is 9.93. The first-order valence-electron chi connectivity index (χ1n) is 12.4. The number of hydrogen-bond donors (Lipinski definition) is 3. The Morgan fingerprint density at radius 3 is 2.54 bits per heavy atom. The molecule has 0 aliphatic heterocycles. The van der Waals surface area contributed by atoms with Gasteiger partial charge in [-0.25, -0.2) is 4.39 Å². The quantitative estimate of drug-likeness (QED) is 0.228. The van der Waals surface area contributed by atoms with Gasteiger partial charge in [-0.15, -0.1) is 0 Å². The number of rotatable bonds is 7. The molecule has 13 heteroatoms. The number of carbonyl (C=O) groups excluding carboxylic acids is 1. The van der Waals surface area contributed by atoms with Gasteiger partial charge in [0.1, 0.15) is 11.6 Å². The normalized spacial score (nSPS) is 12.5. The zero-order chi connectivity index (χ0) is 29.5. The number of H-pyrrole nitrogens is 1. The minimum absolute atomic E-state index is 0.0474. The predicted octanol–water partition coefficient (Wildman–Crippen LogP) is 5.35. The van der Waals surface area contributed by atoms with Crippen molar-refractivity contribution in [3.63, 3.8) is 0 Å². The molecule has 4 N–H and O–H groups in total. The number of benzene rings is 2. The molecular weight excluding hydrogens is 542 g/mol. The topological polar surface area (TPSA) is 124 Å². The molecule has 1 amide bonds. The molecule has 0 bridgehead atoms. The van der Waals surface area contributed by atoms with E-state index in [1.165, 1.54) is 30.1 Å². The molecule has 0 radical (unpaired) electrons. The number of alkyl halides is 3. The van der Waals surface area contributed by atoms with Crippen LogP contribution in [0.4, 0.5) is 23.4 Å². The standard InChI is InChI=1S/C28H25F4N7O2/c1-14(28(30,31)32)23-21(17-12-35-39(2)13-17)25-22(26(33)38-37-25)24(36-23)16-6-4-15(5-7-16)11-34-27(40)19-10-18(29)8-9-20(19)41-3/h4-10,12-14H,11H2,1-3H3,(H,34,40)(H3,33,37,38). The molecular formula is C28H25F4N7O2. The summed E-state index contributed by atoms with van der Waals surface area (Å²) < 4.78 is 62.3. The number of pyridine rings is 1. The van der Waals surface area contributed by atoms with E-state index in [1.807, 2.05) is 0 Å². The molecule has 212 valence electrons. The third-order valence-electron chi connectivity index (χ3n) is 6.75. The van der Waals surface area contributed by atoms with E-state index in [0.717, 1.165) is 13.0 Å². The molecule has 0 saturated carbocycles. The van der Waals surface area contributed by atoms with Crippen LogP contribution in [0.25, 0.3) is 33.3 Å². The Hall–Kier alpha value is -4.94. The number of methoxy groups -OCH3 is 1. The number of carbonyl (C=O) groups is 1. The van der Waals surface area contributed by atoms with Gasteiger partial charge in [-0.2, -0.15) is 23.4 Å². The van der Waals surface area contributed by atoms with Gasteiger partial charge in [0, 0.05) is 36.5 Å². The number of fused-ring (bicyclic) bond motifs is 1. The van der Waals surface area contributed by atoms with Crippen molar-refractivity contribution in [2.45, 2.75) is 25.6 Å². The second kappa shape index (κ2) is 10.6. The third kappa shape index (κ3) is 5.30. The maximum absolute atomic E-state index is 14.0. The highest BCUT2D eigenvalue weighted by Crippen LogP contribution is 2.44. The van der Waals surface area contributed by atoms with E-state index in [4.69, 9.17) is 10.5 Å². The number of aromatic amines is 1. The van der Waals surface area contributed by atoms with Crippen molar-refractivity contribution < 1.29 is 27.1 Å². The van der Waals surface area contributed by atoms with E-state index in [-0.39, 0.29) is 40.6 Å². The molecule has 2 aromatic carbocycles. The Morgan fingerprint density at radius 1 is 1.17 bits per heavy atom. The molecule has 1 atom stereocenters. The molecule has 9 nitrogen and oxygen atoms in total. The van der Waals surface area contributed by atoms with Crippen LogP contribution in [-0.4, -0.2) is 44.2 Å². The van der Waals surface area contributed by atoms with Crippen LogP contribution in [-0.2, 0) is 13.6 Å². The second-order valence-electron chi connectivity index (χ2n) is 9.47. The van der Waals surface area contributed by atoms with Crippen molar-refractivity contribution in [1.82, 2.24) is 30.3 Å². The minimum atomic E-state index is -4.56. The Bertz CT molecular complexity index is 1740. The van der Waals surface area contributed by atoms with Gasteiger partial charge >= 0.3 is 6.18 Å². The van der Waals surface area contributed by atoms with Gasteiger partial charge < -0.3 is 15.8 Å². The Morgan fingerprint density at radius 2 is 1.90 bits per heavy atom. The zero-order valence-corrected chi connectivity index (χ0v) is 22.2. The van der Waals surface area contributed by atoms with Gasteiger partial charge in [-0.05, 0) is 30.7 Å². The smallest absolute Gasteiger partial charge is 0.397 e. The van der Waals surface area contributed by atoms with Gasteiger partial charge in [-0.1, -0.05) is 24.3 Å². The van der Waals surface area contributed by atoms with Crippen molar-refractivity contribution in [3.8, 4) is 28.1 Å². The van der Waals surface area contributed by atoms with Crippen LogP contribution < -0.4 is 15.8 Å². The number of hydrogen-bond acceptors (Lipinski definition) is 6. The molecule has 5 aromatic rings. The number of halogens is 4. The fourth-order valence-electron chi connectivity index (χ4n) is 4.57. The number of amides is 1. The summed E-state index contributed by atoms with van der Waals surface area (Å²) in [5.74, 6) is -2.70. The van der Waals surface area contributed by atoms with Crippen molar-refractivity contribution in [2.75, 3.05) is 12.8 Å². The lowest BCUT2D eigenvalue weighted by Gasteiger charge is -2.20. The van der Waals surface area contributed by atoms with Crippen molar-refractivity contribution in [3.05, 3.63) is 77.5 Å². The molecule has 0 saturated heterocycles. The summed E-state index contributed by atoms with van der Waals surface area (Å²) in [5.41, 5.74) is 8.40. The number of anilines is 1. The fourth-order valence-corrected chi connectivity index (χ4v) is 4.57. The first kappa shape index (κ1) is 27.6. The molecule has 1 unspecified atom stereocenters.